The number of hydrogen-bond donors (Lipinski definition) is 3. The van der Waals surface area contributed by atoms with Crippen LogP contribution in [0.5, 0.6) is 0 Å². The molecule has 0 aromatic carbocycles. The number of rotatable bonds is 2. The van der Waals surface area contributed by atoms with Crippen LogP contribution in [0.2, 0.25) is 0 Å². The van der Waals surface area contributed by atoms with Crippen molar-refractivity contribution in [2.45, 2.75) is 45.1 Å². The molecule has 68 valence electrons. The van der Waals surface area contributed by atoms with Crippen LogP contribution in [0.25, 0.3) is 0 Å². The monoisotopic (exact) mass is 160 g/mol. The SMILES string of the molecule is CCNC1CCCCC1.NO. The second-order valence-corrected chi connectivity index (χ2v) is 2.89. The maximum absolute atomic E-state index is 6.50. The summed E-state index contributed by atoms with van der Waals surface area (Å²) in [5.74, 6) is 3.50. The van der Waals surface area contributed by atoms with Crippen LogP contribution in [-0.2, 0) is 0 Å². The molecule has 0 saturated heterocycles. The number of hydrogen-bond acceptors (Lipinski definition) is 3. The Kier molecular flexibility index (Phi) is 7.89. The third-order valence-corrected chi connectivity index (χ3v) is 2.10. The molecule has 1 saturated carbocycles. The van der Waals surface area contributed by atoms with Crippen molar-refractivity contribution in [1.29, 1.82) is 0 Å². The molecule has 0 aromatic rings. The Morgan fingerprint density at radius 3 is 2.27 bits per heavy atom. The van der Waals surface area contributed by atoms with E-state index in [1.54, 1.807) is 0 Å². The topological polar surface area (TPSA) is 58.3 Å². The number of nitrogens with two attached hydrogens (primary N) is 1. The highest BCUT2D eigenvalue weighted by Gasteiger charge is 2.10. The summed E-state index contributed by atoms with van der Waals surface area (Å²) in [6.45, 7) is 3.33. The van der Waals surface area contributed by atoms with Gasteiger partial charge in [-0.2, -0.15) is 0 Å². The highest BCUT2D eigenvalue weighted by Crippen LogP contribution is 2.16. The van der Waals surface area contributed by atoms with Gasteiger partial charge in [0, 0.05) is 6.04 Å². The summed E-state index contributed by atoms with van der Waals surface area (Å²) in [5.41, 5.74) is 0. The minimum Gasteiger partial charge on any atom is -0.320 e. The van der Waals surface area contributed by atoms with Gasteiger partial charge in [-0.15, -0.1) is 0 Å². The average Bonchev–Trinajstić information content (AvgIpc) is 2.11. The predicted molar refractivity (Wildman–Crippen MR) is 46.5 cm³/mol. The summed E-state index contributed by atoms with van der Waals surface area (Å²) in [4.78, 5) is 0. The van der Waals surface area contributed by atoms with Gasteiger partial charge in [-0.1, -0.05) is 26.2 Å². The molecule has 0 radical (unpaired) electrons. The average molecular weight is 160 g/mol. The molecule has 1 aliphatic rings. The van der Waals surface area contributed by atoms with Crippen molar-refractivity contribution < 1.29 is 5.21 Å². The van der Waals surface area contributed by atoms with Crippen molar-refractivity contribution in [3.63, 3.8) is 0 Å². The molecule has 0 heterocycles. The second kappa shape index (κ2) is 7.98. The Bertz CT molecular complexity index is 69.7. The van der Waals surface area contributed by atoms with Crippen LogP contribution >= 0.6 is 0 Å². The van der Waals surface area contributed by atoms with Crippen LogP contribution in [0.1, 0.15) is 39.0 Å². The molecule has 11 heavy (non-hydrogen) atoms. The van der Waals surface area contributed by atoms with Crippen LogP contribution in [-0.4, -0.2) is 17.8 Å². The molecule has 0 aliphatic heterocycles. The second-order valence-electron chi connectivity index (χ2n) is 2.89. The third-order valence-electron chi connectivity index (χ3n) is 2.10. The van der Waals surface area contributed by atoms with Gasteiger partial charge < -0.3 is 10.5 Å². The van der Waals surface area contributed by atoms with Gasteiger partial charge in [-0.25, -0.2) is 5.90 Å². The minimum absolute atomic E-state index is 0.851. The Labute approximate surface area is 68.9 Å². The molecule has 0 amide bonds. The zero-order chi connectivity index (χ0) is 8.53. The van der Waals surface area contributed by atoms with Gasteiger partial charge in [-0.05, 0) is 19.4 Å². The summed E-state index contributed by atoms with van der Waals surface area (Å²) in [7, 11) is 0. The van der Waals surface area contributed by atoms with Gasteiger partial charge in [-0.3, -0.25) is 0 Å². The largest absolute Gasteiger partial charge is 0.320 e. The first kappa shape index (κ1) is 10.9. The first-order chi connectivity index (χ1) is 5.43. The molecule has 1 aliphatic carbocycles. The van der Waals surface area contributed by atoms with E-state index in [0.29, 0.717) is 0 Å². The summed E-state index contributed by atoms with van der Waals surface area (Å²) < 4.78 is 0. The molecule has 1 rings (SSSR count). The summed E-state index contributed by atoms with van der Waals surface area (Å²) in [6.07, 6.45) is 7.17. The Balaban J connectivity index is 0.000000461. The van der Waals surface area contributed by atoms with Crippen LogP contribution in [0.4, 0.5) is 0 Å². The molecule has 4 N–H and O–H groups in total. The molecule has 0 bridgehead atoms. The van der Waals surface area contributed by atoms with Crippen molar-refractivity contribution in [2.75, 3.05) is 6.54 Å². The molecule has 0 aromatic heterocycles. The van der Waals surface area contributed by atoms with Crippen molar-refractivity contribution in [1.82, 2.24) is 5.32 Å². The molecular weight excluding hydrogens is 140 g/mol. The summed E-state index contributed by atoms with van der Waals surface area (Å²) in [5, 5.41) is 9.98. The molecule has 3 nitrogen and oxygen atoms in total. The van der Waals surface area contributed by atoms with Crippen molar-refractivity contribution in [3.8, 4) is 0 Å². The lowest BCUT2D eigenvalue weighted by molar-refractivity contribution is 0.311. The Morgan fingerprint density at radius 2 is 1.82 bits per heavy atom. The van der Waals surface area contributed by atoms with Crippen molar-refractivity contribution in [2.24, 2.45) is 5.90 Å². The van der Waals surface area contributed by atoms with Gasteiger partial charge in [0.05, 0.1) is 0 Å². The fourth-order valence-electron chi connectivity index (χ4n) is 1.60. The highest BCUT2D eigenvalue weighted by atomic mass is 16.4. The standard InChI is InChI=1S/C8H17N.H3NO/c1-2-9-8-6-4-3-5-7-8;1-2/h8-9H,2-7H2,1H3;2H,1H2. The van der Waals surface area contributed by atoms with Crippen molar-refractivity contribution in [3.05, 3.63) is 0 Å². The highest BCUT2D eigenvalue weighted by molar-refractivity contribution is 4.70. The van der Waals surface area contributed by atoms with E-state index < -0.39 is 0 Å². The lowest BCUT2D eigenvalue weighted by Crippen LogP contribution is -2.30. The molecule has 3 heteroatoms. The quantitative estimate of drug-likeness (QED) is 0.533. The maximum atomic E-state index is 6.50. The van der Waals surface area contributed by atoms with Crippen LogP contribution < -0.4 is 11.2 Å². The smallest absolute Gasteiger partial charge is 0.00669 e. The minimum atomic E-state index is 0.851. The number of nitrogens with one attached hydrogen (secondary N) is 1. The maximum Gasteiger partial charge on any atom is 0.00669 e. The van der Waals surface area contributed by atoms with E-state index in [4.69, 9.17) is 5.21 Å². The van der Waals surface area contributed by atoms with E-state index in [0.717, 1.165) is 12.6 Å². The van der Waals surface area contributed by atoms with Gasteiger partial charge in [0.2, 0.25) is 0 Å². The lowest BCUT2D eigenvalue weighted by atomic mass is 9.96. The van der Waals surface area contributed by atoms with Gasteiger partial charge >= 0.3 is 0 Å². The predicted octanol–water partition coefficient (Wildman–Crippen LogP) is 1.26. The summed E-state index contributed by atoms with van der Waals surface area (Å²) in [6, 6.07) is 0.851. The summed E-state index contributed by atoms with van der Waals surface area (Å²) >= 11 is 0. The first-order valence-corrected chi connectivity index (χ1v) is 4.42. The van der Waals surface area contributed by atoms with Crippen LogP contribution in [0, 0.1) is 0 Å². The normalized spacial score (nSPS) is 18.8. The van der Waals surface area contributed by atoms with Gasteiger partial charge in [0.1, 0.15) is 0 Å². The first-order valence-electron chi connectivity index (χ1n) is 4.42. The molecule has 0 atom stereocenters. The van der Waals surface area contributed by atoms with Gasteiger partial charge in [0.15, 0.2) is 0 Å². The van der Waals surface area contributed by atoms with Gasteiger partial charge in [0.25, 0.3) is 0 Å². The molecule has 0 unspecified atom stereocenters. The zero-order valence-electron chi connectivity index (χ0n) is 7.34. The zero-order valence-corrected chi connectivity index (χ0v) is 7.34. The third kappa shape index (κ3) is 5.18. The van der Waals surface area contributed by atoms with E-state index in [1.165, 1.54) is 32.1 Å². The van der Waals surface area contributed by atoms with E-state index in [9.17, 15) is 0 Å². The van der Waals surface area contributed by atoms with Crippen LogP contribution in [0.15, 0.2) is 0 Å². The van der Waals surface area contributed by atoms with E-state index >= 15 is 0 Å². The Hall–Kier alpha value is -0.120. The Morgan fingerprint density at radius 1 is 1.27 bits per heavy atom. The molecular formula is C8H20N2O. The fourth-order valence-corrected chi connectivity index (χ4v) is 1.60. The van der Waals surface area contributed by atoms with E-state index in [2.05, 4.69) is 18.1 Å². The van der Waals surface area contributed by atoms with Crippen LogP contribution in [0.3, 0.4) is 0 Å². The van der Waals surface area contributed by atoms with Crippen molar-refractivity contribution >= 4 is 0 Å². The van der Waals surface area contributed by atoms with E-state index in [-0.39, 0.29) is 0 Å². The molecule has 1 fully saturated rings. The lowest BCUT2D eigenvalue weighted by Gasteiger charge is -2.21. The fraction of sp³-hybridized carbons (Fsp3) is 1.00. The molecule has 0 spiro atoms. The van der Waals surface area contributed by atoms with E-state index in [1.807, 2.05) is 0 Å².